The van der Waals surface area contributed by atoms with Crippen molar-refractivity contribution in [3.63, 3.8) is 0 Å². The Kier molecular flexibility index (Phi) is 3.56. The zero-order valence-electron chi connectivity index (χ0n) is 10.3. The molecule has 19 heavy (non-hydrogen) atoms. The standard InChI is InChI=1S/C14H14N2O3/c1-9-3-2-4-11(7-9)16-15-8-10-5-6-12(17)14(19)13(10)18/h2-8,16-19H,1H3/b15-8+. The van der Waals surface area contributed by atoms with Crippen LogP contribution in [0, 0.1) is 6.92 Å². The van der Waals surface area contributed by atoms with Gasteiger partial charge < -0.3 is 15.3 Å². The molecule has 0 aromatic heterocycles. The van der Waals surface area contributed by atoms with E-state index < -0.39 is 11.5 Å². The van der Waals surface area contributed by atoms with E-state index in [1.54, 1.807) is 0 Å². The van der Waals surface area contributed by atoms with Gasteiger partial charge in [0.1, 0.15) is 0 Å². The number of benzene rings is 2. The Bertz CT molecular complexity index is 624. The molecule has 2 aromatic carbocycles. The maximum absolute atomic E-state index is 9.59. The van der Waals surface area contributed by atoms with Crippen LogP contribution in [0.25, 0.3) is 0 Å². The summed E-state index contributed by atoms with van der Waals surface area (Å²) in [4.78, 5) is 0. The molecule has 98 valence electrons. The second-order valence-electron chi connectivity index (χ2n) is 4.11. The highest BCUT2D eigenvalue weighted by Crippen LogP contribution is 2.36. The molecule has 0 spiro atoms. The summed E-state index contributed by atoms with van der Waals surface area (Å²) in [6.07, 6.45) is 1.36. The van der Waals surface area contributed by atoms with Gasteiger partial charge in [0, 0.05) is 5.56 Å². The van der Waals surface area contributed by atoms with E-state index in [4.69, 9.17) is 0 Å². The SMILES string of the molecule is Cc1cccc(N/N=C/c2ccc(O)c(O)c2O)c1. The molecule has 2 rings (SSSR count). The fourth-order valence-corrected chi connectivity index (χ4v) is 1.58. The van der Waals surface area contributed by atoms with E-state index in [2.05, 4.69) is 10.5 Å². The Hall–Kier alpha value is -2.69. The maximum atomic E-state index is 9.59. The van der Waals surface area contributed by atoms with E-state index in [0.29, 0.717) is 5.56 Å². The van der Waals surface area contributed by atoms with Crippen LogP contribution < -0.4 is 5.43 Å². The van der Waals surface area contributed by atoms with Gasteiger partial charge in [0.05, 0.1) is 11.9 Å². The second-order valence-corrected chi connectivity index (χ2v) is 4.11. The van der Waals surface area contributed by atoms with Crippen LogP contribution in [0.4, 0.5) is 5.69 Å². The molecular formula is C14H14N2O3. The third-order valence-corrected chi connectivity index (χ3v) is 2.58. The number of nitrogens with zero attached hydrogens (tertiary/aromatic N) is 1. The summed E-state index contributed by atoms with van der Waals surface area (Å²) in [5.41, 5.74) is 5.03. The molecule has 5 heteroatoms. The van der Waals surface area contributed by atoms with Crippen molar-refractivity contribution in [2.75, 3.05) is 5.43 Å². The molecule has 0 fully saturated rings. The quantitative estimate of drug-likeness (QED) is 0.387. The van der Waals surface area contributed by atoms with Crippen LogP contribution in [-0.2, 0) is 0 Å². The number of nitrogens with one attached hydrogen (secondary N) is 1. The van der Waals surface area contributed by atoms with Crippen molar-refractivity contribution in [3.8, 4) is 17.2 Å². The van der Waals surface area contributed by atoms with Gasteiger partial charge in [0.15, 0.2) is 11.5 Å². The van der Waals surface area contributed by atoms with Crippen LogP contribution in [0.1, 0.15) is 11.1 Å². The predicted molar refractivity (Wildman–Crippen MR) is 73.8 cm³/mol. The molecule has 0 heterocycles. The molecule has 0 aliphatic rings. The monoisotopic (exact) mass is 258 g/mol. The van der Waals surface area contributed by atoms with Gasteiger partial charge in [0.25, 0.3) is 0 Å². The second kappa shape index (κ2) is 5.30. The van der Waals surface area contributed by atoms with Crippen LogP contribution in [0.2, 0.25) is 0 Å². The summed E-state index contributed by atoms with van der Waals surface area (Å²) >= 11 is 0. The zero-order chi connectivity index (χ0) is 13.8. The summed E-state index contributed by atoms with van der Waals surface area (Å²) in [5, 5.41) is 32.1. The molecule has 0 saturated heterocycles. The number of aromatic hydroxyl groups is 3. The Morgan fingerprint density at radius 3 is 2.58 bits per heavy atom. The zero-order valence-corrected chi connectivity index (χ0v) is 10.3. The summed E-state index contributed by atoms with van der Waals surface area (Å²) in [6.45, 7) is 1.97. The first-order valence-electron chi connectivity index (χ1n) is 5.67. The molecule has 0 aliphatic heterocycles. The van der Waals surface area contributed by atoms with Gasteiger partial charge in [-0.2, -0.15) is 5.10 Å². The third kappa shape index (κ3) is 2.95. The number of anilines is 1. The van der Waals surface area contributed by atoms with E-state index in [1.807, 2.05) is 31.2 Å². The van der Waals surface area contributed by atoms with Crippen LogP contribution in [0.15, 0.2) is 41.5 Å². The summed E-state index contributed by atoms with van der Waals surface area (Å²) in [5.74, 6) is -1.34. The number of hydrogen-bond donors (Lipinski definition) is 4. The van der Waals surface area contributed by atoms with Crippen molar-refractivity contribution in [2.24, 2.45) is 5.10 Å². The molecule has 2 aromatic rings. The van der Waals surface area contributed by atoms with Crippen molar-refractivity contribution in [1.82, 2.24) is 0 Å². The van der Waals surface area contributed by atoms with E-state index in [0.717, 1.165) is 11.3 Å². The number of hydrazone groups is 1. The summed E-state index contributed by atoms with van der Waals surface area (Å²) < 4.78 is 0. The number of phenols is 3. The van der Waals surface area contributed by atoms with E-state index in [-0.39, 0.29) is 5.75 Å². The number of phenolic OH excluding ortho intramolecular Hbond substituents is 3. The Morgan fingerprint density at radius 1 is 1.05 bits per heavy atom. The lowest BCUT2D eigenvalue weighted by atomic mass is 10.2. The molecule has 0 unspecified atom stereocenters. The van der Waals surface area contributed by atoms with Gasteiger partial charge >= 0.3 is 0 Å². The molecule has 0 atom stereocenters. The first-order chi connectivity index (χ1) is 9.08. The lowest BCUT2D eigenvalue weighted by Crippen LogP contribution is -1.91. The van der Waals surface area contributed by atoms with E-state index in [9.17, 15) is 15.3 Å². The van der Waals surface area contributed by atoms with E-state index in [1.165, 1.54) is 18.3 Å². The van der Waals surface area contributed by atoms with Gasteiger partial charge in [-0.1, -0.05) is 12.1 Å². The normalized spacial score (nSPS) is 10.8. The van der Waals surface area contributed by atoms with Crippen molar-refractivity contribution >= 4 is 11.9 Å². The van der Waals surface area contributed by atoms with Gasteiger partial charge in [0.2, 0.25) is 5.75 Å². The number of hydrogen-bond acceptors (Lipinski definition) is 5. The Labute approximate surface area is 110 Å². The lowest BCUT2D eigenvalue weighted by molar-refractivity contribution is 0.367. The average molecular weight is 258 g/mol. The van der Waals surface area contributed by atoms with Crippen LogP contribution in [0.5, 0.6) is 17.2 Å². The van der Waals surface area contributed by atoms with Gasteiger partial charge in [-0.05, 0) is 36.8 Å². The predicted octanol–water partition coefficient (Wildman–Crippen LogP) is 2.56. The van der Waals surface area contributed by atoms with Gasteiger partial charge in [-0.15, -0.1) is 0 Å². The molecule has 0 saturated carbocycles. The third-order valence-electron chi connectivity index (χ3n) is 2.58. The molecule has 0 aliphatic carbocycles. The topological polar surface area (TPSA) is 85.1 Å². The largest absolute Gasteiger partial charge is 0.504 e. The first kappa shape index (κ1) is 12.8. The minimum absolute atomic E-state index is 0.301. The van der Waals surface area contributed by atoms with Crippen molar-refractivity contribution in [2.45, 2.75) is 6.92 Å². The minimum atomic E-state index is -0.556. The highest BCUT2D eigenvalue weighted by atomic mass is 16.3. The highest BCUT2D eigenvalue weighted by Gasteiger charge is 2.08. The van der Waals surface area contributed by atoms with Crippen LogP contribution in [-0.4, -0.2) is 21.5 Å². The molecular weight excluding hydrogens is 244 g/mol. The van der Waals surface area contributed by atoms with Crippen LogP contribution in [0.3, 0.4) is 0 Å². The number of rotatable bonds is 3. The van der Waals surface area contributed by atoms with Gasteiger partial charge in [-0.25, -0.2) is 0 Å². The minimum Gasteiger partial charge on any atom is -0.504 e. The van der Waals surface area contributed by atoms with Crippen molar-refractivity contribution in [1.29, 1.82) is 0 Å². The lowest BCUT2D eigenvalue weighted by Gasteiger charge is -2.04. The summed E-state index contributed by atoms with van der Waals surface area (Å²) in [7, 11) is 0. The summed E-state index contributed by atoms with van der Waals surface area (Å²) in [6, 6.07) is 10.4. The first-order valence-corrected chi connectivity index (χ1v) is 5.67. The fourth-order valence-electron chi connectivity index (χ4n) is 1.58. The molecule has 4 N–H and O–H groups in total. The highest BCUT2D eigenvalue weighted by molar-refractivity contribution is 5.86. The van der Waals surface area contributed by atoms with Gasteiger partial charge in [-0.3, -0.25) is 5.43 Å². The average Bonchev–Trinajstić information content (AvgIpc) is 2.39. The van der Waals surface area contributed by atoms with Crippen LogP contribution >= 0.6 is 0 Å². The molecule has 0 radical (unpaired) electrons. The number of aryl methyl sites for hydroxylation is 1. The Balaban J connectivity index is 2.13. The fraction of sp³-hybridized carbons (Fsp3) is 0.0714. The molecule has 5 nitrogen and oxygen atoms in total. The smallest absolute Gasteiger partial charge is 0.200 e. The molecule has 0 amide bonds. The Morgan fingerprint density at radius 2 is 1.84 bits per heavy atom. The van der Waals surface area contributed by atoms with Crippen molar-refractivity contribution in [3.05, 3.63) is 47.5 Å². The van der Waals surface area contributed by atoms with Crippen molar-refractivity contribution < 1.29 is 15.3 Å². The molecule has 0 bridgehead atoms. The maximum Gasteiger partial charge on any atom is 0.200 e. The van der Waals surface area contributed by atoms with E-state index >= 15 is 0 Å².